The predicted molar refractivity (Wildman–Crippen MR) is 118 cm³/mol. The fourth-order valence-corrected chi connectivity index (χ4v) is 4.42. The van der Waals surface area contributed by atoms with Crippen LogP contribution in [0.5, 0.6) is 0 Å². The van der Waals surface area contributed by atoms with Crippen LogP contribution >= 0.6 is 0 Å². The summed E-state index contributed by atoms with van der Waals surface area (Å²) in [5.41, 5.74) is 2.99. The normalized spacial score (nSPS) is 16.8. The number of hydrogen-bond donors (Lipinski definition) is 0. The zero-order valence-corrected chi connectivity index (χ0v) is 17.3. The SMILES string of the molecule is CCn1nc(C(=O)N2CCN(c3ccccc3C3CC3)CC2)c2ccccc2c1=O. The third-order valence-electron chi connectivity index (χ3n) is 6.23. The van der Waals surface area contributed by atoms with Gasteiger partial charge in [0.15, 0.2) is 5.69 Å². The van der Waals surface area contributed by atoms with E-state index in [0.717, 1.165) is 13.1 Å². The lowest BCUT2D eigenvalue weighted by molar-refractivity contribution is 0.0740. The molecule has 0 spiro atoms. The fraction of sp³-hybridized carbons (Fsp3) is 0.375. The van der Waals surface area contributed by atoms with Gasteiger partial charge in [-0.05, 0) is 43.4 Å². The van der Waals surface area contributed by atoms with Crippen molar-refractivity contribution >= 4 is 22.4 Å². The highest BCUT2D eigenvalue weighted by molar-refractivity contribution is 6.04. The second-order valence-electron chi connectivity index (χ2n) is 8.13. The summed E-state index contributed by atoms with van der Waals surface area (Å²) < 4.78 is 1.39. The molecule has 6 nitrogen and oxygen atoms in total. The molecule has 1 aliphatic carbocycles. The molecule has 1 saturated carbocycles. The molecule has 1 saturated heterocycles. The van der Waals surface area contributed by atoms with Gasteiger partial charge < -0.3 is 9.80 Å². The quantitative estimate of drug-likeness (QED) is 0.672. The van der Waals surface area contributed by atoms with Gasteiger partial charge >= 0.3 is 0 Å². The molecule has 1 aromatic heterocycles. The van der Waals surface area contributed by atoms with Crippen molar-refractivity contribution < 1.29 is 4.79 Å². The Labute approximate surface area is 175 Å². The molecule has 3 aromatic rings. The number of piperazine rings is 1. The minimum atomic E-state index is -0.147. The topological polar surface area (TPSA) is 58.4 Å². The van der Waals surface area contributed by atoms with Crippen LogP contribution in [0.4, 0.5) is 5.69 Å². The number of fused-ring (bicyclic) bond motifs is 1. The van der Waals surface area contributed by atoms with Crippen LogP contribution in [0.2, 0.25) is 0 Å². The molecule has 1 amide bonds. The number of rotatable bonds is 4. The van der Waals surface area contributed by atoms with Crippen molar-refractivity contribution in [1.29, 1.82) is 0 Å². The van der Waals surface area contributed by atoms with Crippen LogP contribution in [0, 0.1) is 0 Å². The first-order chi connectivity index (χ1) is 14.7. The lowest BCUT2D eigenvalue weighted by Crippen LogP contribution is -2.49. The third-order valence-corrected chi connectivity index (χ3v) is 6.23. The van der Waals surface area contributed by atoms with Crippen molar-refractivity contribution in [3.05, 3.63) is 70.1 Å². The van der Waals surface area contributed by atoms with E-state index >= 15 is 0 Å². The van der Waals surface area contributed by atoms with E-state index in [-0.39, 0.29) is 11.5 Å². The van der Waals surface area contributed by atoms with Gasteiger partial charge in [0.1, 0.15) is 0 Å². The summed E-state index contributed by atoms with van der Waals surface area (Å²) in [5.74, 6) is 0.607. The number of aryl methyl sites for hydroxylation is 1. The fourth-order valence-electron chi connectivity index (χ4n) is 4.42. The van der Waals surface area contributed by atoms with E-state index in [1.807, 2.05) is 30.0 Å². The smallest absolute Gasteiger partial charge is 0.275 e. The Morgan fingerprint density at radius 2 is 1.63 bits per heavy atom. The van der Waals surface area contributed by atoms with Crippen LogP contribution < -0.4 is 10.5 Å². The van der Waals surface area contributed by atoms with Crippen LogP contribution in [0.3, 0.4) is 0 Å². The van der Waals surface area contributed by atoms with Gasteiger partial charge in [-0.2, -0.15) is 5.10 Å². The lowest BCUT2D eigenvalue weighted by atomic mass is 10.1. The summed E-state index contributed by atoms with van der Waals surface area (Å²) in [5, 5.41) is 5.60. The number of carbonyl (C=O) groups is 1. The van der Waals surface area contributed by atoms with Gasteiger partial charge in [-0.1, -0.05) is 36.4 Å². The van der Waals surface area contributed by atoms with Crippen LogP contribution in [0.1, 0.15) is 41.7 Å². The van der Waals surface area contributed by atoms with Gasteiger partial charge in [0.25, 0.3) is 11.5 Å². The summed E-state index contributed by atoms with van der Waals surface area (Å²) in [7, 11) is 0. The second-order valence-corrected chi connectivity index (χ2v) is 8.13. The minimum absolute atomic E-state index is 0.0940. The summed E-state index contributed by atoms with van der Waals surface area (Å²) in [4.78, 5) is 30.2. The highest BCUT2D eigenvalue weighted by atomic mass is 16.2. The Bertz CT molecular complexity index is 1160. The van der Waals surface area contributed by atoms with Crippen LogP contribution in [-0.4, -0.2) is 46.8 Å². The molecule has 30 heavy (non-hydrogen) atoms. The number of amides is 1. The Morgan fingerprint density at radius 1 is 0.967 bits per heavy atom. The standard InChI is InChI=1S/C24H26N4O2/c1-2-28-23(29)20-9-4-3-8-19(20)22(25-28)24(30)27-15-13-26(14-16-27)21-10-6-5-7-18(21)17-11-12-17/h3-10,17H,2,11-16H2,1H3. The first kappa shape index (κ1) is 18.9. The average Bonchev–Trinajstić information content (AvgIpc) is 3.65. The first-order valence-corrected chi connectivity index (χ1v) is 10.8. The van der Waals surface area contributed by atoms with E-state index in [1.165, 1.54) is 28.8 Å². The molecule has 0 bridgehead atoms. The molecule has 2 aromatic carbocycles. The number of para-hydroxylation sites is 1. The number of anilines is 1. The molecule has 0 unspecified atom stereocenters. The van der Waals surface area contributed by atoms with E-state index in [4.69, 9.17) is 0 Å². The maximum absolute atomic E-state index is 13.4. The summed E-state index contributed by atoms with van der Waals surface area (Å²) in [6, 6.07) is 15.9. The monoisotopic (exact) mass is 402 g/mol. The maximum atomic E-state index is 13.4. The average molecular weight is 402 g/mol. The predicted octanol–water partition coefficient (Wildman–Crippen LogP) is 3.26. The highest BCUT2D eigenvalue weighted by Crippen LogP contribution is 2.44. The number of carbonyl (C=O) groups excluding carboxylic acids is 1. The van der Waals surface area contributed by atoms with Crippen molar-refractivity contribution in [3.8, 4) is 0 Å². The Balaban J connectivity index is 1.39. The summed E-state index contributed by atoms with van der Waals surface area (Å²) in [6.07, 6.45) is 2.56. The largest absolute Gasteiger partial charge is 0.368 e. The number of benzene rings is 2. The van der Waals surface area contributed by atoms with Crippen molar-refractivity contribution in [2.75, 3.05) is 31.1 Å². The van der Waals surface area contributed by atoms with E-state index in [1.54, 1.807) is 6.07 Å². The van der Waals surface area contributed by atoms with Crippen molar-refractivity contribution in [3.63, 3.8) is 0 Å². The van der Waals surface area contributed by atoms with Gasteiger partial charge in [0, 0.05) is 43.8 Å². The van der Waals surface area contributed by atoms with Crippen molar-refractivity contribution in [1.82, 2.24) is 14.7 Å². The zero-order valence-electron chi connectivity index (χ0n) is 17.3. The van der Waals surface area contributed by atoms with Crippen LogP contribution in [-0.2, 0) is 6.54 Å². The molecule has 5 rings (SSSR count). The maximum Gasteiger partial charge on any atom is 0.275 e. The number of aromatic nitrogens is 2. The molecule has 2 fully saturated rings. The minimum Gasteiger partial charge on any atom is -0.368 e. The van der Waals surface area contributed by atoms with Gasteiger partial charge in [-0.25, -0.2) is 4.68 Å². The number of nitrogens with zero attached hydrogens (tertiary/aromatic N) is 4. The molecule has 0 atom stereocenters. The number of hydrogen-bond acceptors (Lipinski definition) is 4. The summed E-state index contributed by atoms with van der Waals surface area (Å²) >= 11 is 0. The molecular weight excluding hydrogens is 376 g/mol. The molecular formula is C24H26N4O2. The third kappa shape index (κ3) is 3.26. The van der Waals surface area contributed by atoms with Crippen molar-refractivity contribution in [2.45, 2.75) is 32.2 Å². The first-order valence-electron chi connectivity index (χ1n) is 10.8. The van der Waals surface area contributed by atoms with Gasteiger partial charge in [0.2, 0.25) is 0 Å². The van der Waals surface area contributed by atoms with Gasteiger partial charge in [-0.15, -0.1) is 0 Å². The molecule has 1 aliphatic heterocycles. The molecule has 6 heteroatoms. The molecule has 0 N–H and O–H groups in total. The summed E-state index contributed by atoms with van der Waals surface area (Å²) in [6.45, 7) is 5.23. The molecule has 154 valence electrons. The van der Waals surface area contributed by atoms with Gasteiger partial charge in [0.05, 0.1) is 5.39 Å². The zero-order chi connectivity index (χ0) is 20.7. The second kappa shape index (κ2) is 7.59. The Morgan fingerprint density at radius 3 is 2.33 bits per heavy atom. The lowest BCUT2D eigenvalue weighted by Gasteiger charge is -2.37. The molecule has 2 heterocycles. The van der Waals surface area contributed by atoms with E-state index in [9.17, 15) is 9.59 Å². The van der Waals surface area contributed by atoms with Crippen molar-refractivity contribution in [2.24, 2.45) is 0 Å². The Hall–Kier alpha value is -3.15. The van der Waals surface area contributed by atoms with Gasteiger partial charge in [-0.3, -0.25) is 9.59 Å². The Kier molecular flexibility index (Phi) is 4.77. The molecule has 2 aliphatic rings. The molecule has 0 radical (unpaired) electrons. The van der Waals surface area contributed by atoms with E-state index < -0.39 is 0 Å². The van der Waals surface area contributed by atoms with E-state index in [2.05, 4.69) is 34.3 Å². The van der Waals surface area contributed by atoms with Crippen LogP contribution in [0.25, 0.3) is 10.8 Å². The van der Waals surface area contributed by atoms with E-state index in [0.29, 0.717) is 42.0 Å². The van der Waals surface area contributed by atoms with Crippen LogP contribution in [0.15, 0.2) is 53.3 Å². The highest BCUT2D eigenvalue weighted by Gasteiger charge is 2.30.